The van der Waals surface area contributed by atoms with E-state index in [0.29, 0.717) is 22.6 Å². The minimum absolute atomic E-state index is 0.243. The standard InChI is InChI=1S/C26H26N4O3S.C2H6/c1-4-8-21(16(3)5-2)28-24-22(11-17(12-27-24)26(33)30-13-18(31)14-30)29-25(32)20-15-34-23-10-7-6-9-19(20)23;1-2/h4-12,15,18,31H,1,13-14H2,2-3H3,(H,27,28)(H,29,32);1-2H3/b16-5-,21-8+;. The molecule has 1 aromatic carbocycles. The predicted molar refractivity (Wildman–Crippen MR) is 149 cm³/mol. The number of pyridine rings is 1. The second-order valence-electron chi connectivity index (χ2n) is 8.00. The van der Waals surface area contributed by atoms with E-state index in [-0.39, 0.29) is 24.9 Å². The van der Waals surface area contributed by atoms with Crippen LogP contribution in [-0.2, 0) is 0 Å². The fourth-order valence-electron chi connectivity index (χ4n) is 3.60. The van der Waals surface area contributed by atoms with Gasteiger partial charge in [0.2, 0.25) is 0 Å². The quantitative estimate of drug-likeness (QED) is 0.352. The Morgan fingerprint density at radius 2 is 1.94 bits per heavy atom. The molecule has 8 heteroatoms. The molecule has 2 aromatic heterocycles. The molecule has 0 aliphatic carbocycles. The van der Waals surface area contributed by atoms with Crippen LogP contribution in [0.4, 0.5) is 11.5 Å². The van der Waals surface area contributed by atoms with Gasteiger partial charge in [0.25, 0.3) is 11.8 Å². The molecule has 2 amide bonds. The topological polar surface area (TPSA) is 94.6 Å². The molecule has 0 radical (unpaired) electrons. The molecule has 188 valence electrons. The monoisotopic (exact) mass is 504 g/mol. The van der Waals surface area contributed by atoms with E-state index in [1.807, 2.05) is 69.5 Å². The van der Waals surface area contributed by atoms with Gasteiger partial charge in [0.15, 0.2) is 5.82 Å². The van der Waals surface area contributed by atoms with Crippen LogP contribution in [0.1, 0.15) is 48.4 Å². The second-order valence-corrected chi connectivity index (χ2v) is 8.91. The molecule has 1 fully saturated rings. The first-order valence-corrected chi connectivity index (χ1v) is 12.8. The summed E-state index contributed by atoms with van der Waals surface area (Å²) in [5.41, 5.74) is 3.01. The Kier molecular flexibility index (Phi) is 9.16. The van der Waals surface area contributed by atoms with Crippen LogP contribution in [0.5, 0.6) is 0 Å². The number of aromatic nitrogens is 1. The van der Waals surface area contributed by atoms with Gasteiger partial charge in [0.1, 0.15) is 0 Å². The number of carbonyl (C=O) groups excluding carboxylic acids is 2. The van der Waals surface area contributed by atoms with Crippen molar-refractivity contribution in [3.8, 4) is 0 Å². The van der Waals surface area contributed by atoms with Gasteiger partial charge in [-0.1, -0.05) is 50.8 Å². The zero-order valence-corrected chi connectivity index (χ0v) is 21.9. The number of rotatable bonds is 7. The number of hydrogen-bond acceptors (Lipinski definition) is 6. The van der Waals surface area contributed by atoms with Crippen LogP contribution in [0.3, 0.4) is 0 Å². The number of nitrogens with zero attached hydrogens (tertiary/aromatic N) is 2. The maximum absolute atomic E-state index is 13.2. The molecular weight excluding hydrogens is 472 g/mol. The Balaban J connectivity index is 0.00000176. The summed E-state index contributed by atoms with van der Waals surface area (Å²) in [7, 11) is 0. The van der Waals surface area contributed by atoms with E-state index in [4.69, 9.17) is 0 Å². The molecular formula is C28H32N4O3S. The summed E-state index contributed by atoms with van der Waals surface area (Å²) in [5, 5.41) is 18.4. The molecule has 1 aliphatic heterocycles. The molecule has 3 aromatic rings. The van der Waals surface area contributed by atoms with Crippen LogP contribution in [0, 0.1) is 0 Å². The van der Waals surface area contributed by atoms with Gasteiger partial charge in [-0.2, -0.15) is 0 Å². The van der Waals surface area contributed by atoms with E-state index in [0.717, 1.165) is 21.4 Å². The number of hydrogen-bond donors (Lipinski definition) is 3. The van der Waals surface area contributed by atoms with Crippen molar-refractivity contribution in [2.24, 2.45) is 0 Å². The summed E-state index contributed by atoms with van der Waals surface area (Å²) in [6.07, 6.45) is 6.40. The van der Waals surface area contributed by atoms with Gasteiger partial charge in [-0.3, -0.25) is 9.59 Å². The molecule has 0 spiro atoms. The highest BCUT2D eigenvalue weighted by Crippen LogP contribution is 2.29. The lowest BCUT2D eigenvalue weighted by Gasteiger charge is -2.35. The Morgan fingerprint density at radius 3 is 2.61 bits per heavy atom. The molecule has 3 N–H and O–H groups in total. The number of carbonyl (C=O) groups is 2. The number of fused-ring (bicyclic) bond motifs is 1. The van der Waals surface area contributed by atoms with Gasteiger partial charge in [0, 0.05) is 40.4 Å². The maximum atomic E-state index is 13.2. The summed E-state index contributed by atoms with van der Waals surface area (Å²) in [6.45, 7) is 12.2. The van der Waals surface area contributed by atoms with Crippen LogP contribution in [0.15, 0.2) is 78.0 Å². The van der Waals surface area contributed by atoms with Crippen molar-refractivity contribution in [1.82, 2.24) is 9.88 Å². The number of benzene rings is 1. The smallest absolute Gasteiger partial charge is 0.257 e. The summed E-state index contributed by atoms with van der Waals surface area (Å²) < 4.78 is 1.02. The van der Waals surface area contributed by atoms with Crippen molar-refractivity contribution in [2.45, 2.75) is 33.8 Å². The SMILES string of the molecule is C=C/C=C(Nc1ncc(C(=O)N2CC(O)C2)cc1NC(=O)c1csc2ccccc12)\C(C)=C/C.CC. The van der Waals surface area contributed by atoms with E-state index in [2.05, 4.69) is 22.2 Å². The van der Waals surface area contributed by atoms with Crippen molar-refractivity contribution in [3.63, 3.8) is 0 Å². The Hall–Kier alpha value is -3.75. The van der Waals surface area contributed by atoms with Crippen molar-refractivity contribution in [1.29, 1.82) is 0 Å². The third-order valence-electron chi connectivity index (χ3n) is 5.65. The highest BCUT2D eigenvalue weighted by atomic mass is 32.1. The third kappa shape index (κ3) is 5.90. The Morgan fingerprint density at radius 1 is 1.22 bits per heavy atom. The fraction of sp³-hybridized carbons (Fsp3) is 0.250. The first-order chi connectivity index (χ1) is 17.4. The summed E-state index contributed by atoms with van der Waals surface area (Å²) in [4.78, 5) is 32.1. The highest BCUT2D eigenvalue weighted by molar-refractivity contribution is 7.17. The second kappa shape index (κ2) is 12.3. The lowest BCUT2D eigenvalue weighted by atomic mass is 10.1. The first-order valence-electron chi connectivity index (χ1n) is 11.9. The Labute approximate surface area is 215 Å². The molecule has 0 unspecified atom stereocenters. The van der Waals surface area contributed by atoms with Crippen LogP contribution >= 0.6 is 11.3 Å². The zero-order valence-electron chi connectivity index (χ0n) is 21.0. The van der Waals surface area contributed by atoms with E-state index in [1.165, 1.54) is 17.5 Å². The molecule has 1 saturated heterocycles. The number of aliphatic hydroxyl groups is 1. The highest BCUT2D eigenvalue weighted by Gasteiger charge is 2.30. The van der Waals surface area contributed by atoms with Crippen molar-refractivity contribution < 1.29 is 14.7 Å². The van der Waals surface area contributed by atoms with E-state index < -0.39 is 6.10 Å². The predicted octanol–water partition coefficient (Wildman–Crippen LogP) is 5.84. The van der Waals surface area contributed by atoms with Crippen molar-refractivity contribution in [2.75, 3.05) is 23.7 Å². The molecule has 3 heterocycles. The van der Waals surface area contributed by atoms with E-state index in [9.17, 15) is 14.7 Å². The molecule has 1 aliphatic rings. The van der Waals surface area contributed by atoms with E-state index >= 15 is 0 Å². The summed E-state index contributed by atoms with van der Waals surface area (Å²) in [5.74, 6) is -0.127. The number of thiophene rings is 1. The van der Waals surface area contributed by atoms with Crippen molar-refractivity contribution in [3.05, 3.63) is 89.1 Å². The Bertz CT molecular complexity index is 1320. The largest absolute Gasteiger partial charge is 0.389 e. The van der Waals surface area contributed by atoms with Crippen LogP contribution in [-0.4, -0.2) is 46.0 Å². The number of likely N-dealkylation sites (tertiary alicyclic amines) is 1. The lowest BCUT2D eigenvalue weighted by Crippen LogP contribution is -2.53. The average molecular weight is 505 g/mol. The van der Waals surface area contributed by atoms with E-state index in [1.54, 1.807) is 17.0 Å². The fourth-order valence-corrected chi connectivity index (χ4v) is 4.54. The maximum Gasteiger partial charge on any atom is 0.257 e. The summed E-state index contributed by atoms with van der Waals surface area (Å²) >= 11 is 1.50. The van der Waals surface area contributed by atoms with Gasteiger partial charge < -0.3 is 20.6 Å². The van der Waals surface area contributed by atoms with Crippen LogP contribution in [0.2, 0.25) is 0 Å². The van der Waals surface area contributed by atoms with Gasteiger partial charge in [0.05, 0.1) is 22.9 Å². The lowest BCUT2D eigenvalue weighted by molar-refractivity contribution is 0.00587. The molecule has 36 heavy (non-hydrogen) atoms. The molecule has 0 saturated carbocycles. The number of nitrogens with one attached hydrogen (secondary N) is 2. The third-order valence-corrected chi connectivity index (χ3v) is 6.62. The number of β-amino-alcohol motifs (C(OH)–C–C–N with tert-alkyl or cyclic N) is 1. The summed E-state index contributed by atoms with van der Waals surface area (Å²) in [6, 6.07) is 9.33. The molecule has 0 atom stereocenters. The van der Waals surface area contributed by atoms with Gasteiger partial charge >= 0.3 is 0 Å². The molecule has 4 rings (SSSR count). The number of amides is 2. The first kappa shape index (κ1) is 26.8. The number of anilines is 2. The minimum Gasteiger partial charge on any atom is -0.389 e. The molecule has 7 nitrogen and oxygen atoms in total. The van der Waals surface area contributed by atoms with Crippen molar-refractivity contribution >= 4 is 44.7 Å². The van der Waals surface area contributed by atoms with Crippen LogP contribution in [0.25, 0.3) is 10.1 Å². The number of aliphatic hydroxyl groups excluding tert-OH is 1. The zero-order chi connectivity index (χ0) is 26.2. The minimum atomic E-state index is -0.501. The van der Waals surface area contributed by atoms with Gasteiger partial charge in [-0.05, 0) is 37.6 Å². The van der Waals surface area contributed by atoms with Gasteiger partial charge in [-0.15, -0.1) is 11.3 Å². The average Bonchev–Trinajstić information content (AvgIpc) is 3.32. The van der Waals surface area contributed by atoms with Gasteiger partial charge in [-0.25, -0.2) is 4.98 Å². The number of allylic oxidation sites excluding steroid dienone is 4. The van der Waals surface area contributed by atoms with Crippen LogP contribution < -0.4 is 10.6 Å². The normalized spacial score (nSPS) is 14.0. The molecule has 0 bridgehead atoms.